The number of anilines is 1. The molecule has 0 N–H and O–H groups in total. The molecule has 2 fully saturated rings. The standard InChI is InChI=1S/C20H27N5O5S/c1-16-25(17(26)15-31(16)29-18(27)5-6-19(28)30-31)10-3-2-9-23-11-13-24(14-12-23)20-21-7-4-8-22-20/h4-8,16H,2-3,9-15H2,1H3. The van der Waals surface area contributed by atoms with Gasteiger partial charge in [0.2, 0.25) is 11.9 Å². The van der Waals surface area contributed by atoms with Crippen molar-refractivity contribution in [3.05, 3.63) is 30.6 Å². The third-order valence-electron chi connectivity index (χ3n) is 5.74. The van der Waals surface area contributed by atoms with E-state index in [0.717, 1.165) is 63.7 Å². The van der Waals surface area contributed by atoms with Crippen LogP contribution in [0, 0.1) is 0 Å². The normalized spacial score (nSPS) is 24.8. The Bertz CT molecular complexity index is 839. The molecule has 4 rings (SSSR count). The summed E-state index contributed by atoms with van der Waals surface area (Å²) >= 11 is 0. The van der Waals surface area contributed by atoms with Gasteiger partial charge in [-0.25, -0.2) is 19.6 Å². The SMILES string of the molecule is CC1N(CCCCN2CCN(c3ncccn3)CC2)C(=O)CS12OC(=O)C=CC(=O)O2. The first-order valence-electron chi connectivity index (χ1n) is 10.5. The Balaban J connectivity index is 1.22. The second-order valence-corrected chi connectivity index (χ2v) is 10.3. The van der Waals surface area contributed by atoms with Crippen LogP contribution in [0.2, 0.25) is 0 Å². The first-order chi connectivity index (χ1) is 15.0. The van der Waals surface area contributed by atoms with Crippen LogP contribution in [-0.4, -0.2) is 88.0 Å². The molecule has 1 aromatic heterocycles. The Morgan fingerprint density at radius 2 is 1.58 bits per heavy atom. The average Bonchev–Trinajstić information content (AvgIpc) is 2.89. The van der Waals surface area contributed by atoms with Crippen LogP contribution < -0.4 is 4.90 Å². The fraction of sp³-hybridized carbons (Fsp3) is 0.550. The molecule has 0 bridgehead atoms. The zero-order valence-electron chi connectivity index (χ0n) is 17.5. The average molecular weight is 450 g/mol. The van der Waals surface area contributed by atoms with Crippen LogP contribution in [0.5, 0.6) is 0 Å². The summed E-state index contributed by atoms with van der Waals surface area (Å²) in [6.45, 7) is 6.97. The molecule has 0 aromatic carbocycles. The van der Waals surface area contributed by atoms with Crippen LogP contribution in [0.25, 0.3) is 0 Å². The van der Waals surface area contributed by atoms with Gasteiger partial charge in [0, 0.05) is 57.3 Å². The minimum absolute atomic E-state index is 0.0587. The van der Waals surface area contributed by atoms with Crippen molar-refractivity contribution < 1.29 is 22.7 Å². The summed E-state index contributed by atoms with van der Waals surface area (Å²) in [5.41, 5.74) is 0. The molecule has 168 valence electrons. The van der Waals surface area contributed by atoms with Crippen molar-refractivity contribution in [2.75, 3.05) is 49.9 Å². The molecule has 11 heteroatoms. The summed E-state index contributed by atoms with van der Waals surface area (Å²) in [5, 5.41) is -0.442. The van der Waals surface area contributed by atoms with Gasteiger partial charge >= 0.3 is 11.9 Å². The zero-order valence-corrected chi connectivity index (χ0v) is 18.3. The summed E-state index contributed by atoms with van der Waals surface area (Å²) in [6.07, 6.45) is 7.39. The van der Waals surface area contributed by atoms with E-state index in [9.17, 15) is 14.4 Å². The predicted molar refractivity (Wildman–Crippen MR) is 115 cm³/mol. The topological polar surface area (TPSA) is 105 Å². The van der Waals surface area contributed by atoms with E-state index in [1.807, 2.05) is 6.07 Å². The predicted octanol–water partition coefficient (Wildman–Crippen LogP) is 0.858. The summed E-state index contributed by atoms with van der Waals surface area (Å²) < 4.78 is 10.8. The molecule has 1 amide bonds. The maximum Gasteiger partial charge on any atom is 0.353 e. The lowest BCUT2D eigenvalue weighted by atomic mass is 10.2. The van der Waals surface area contributed by atoms with Crippen LogP contribution in [-0.2, 0) is 22.7 Å². The van der Waals surface area contributed by atoms with Crippen LogP contribution in [0.1, 0.15) is 19.8 Å². The van der Waals surface area contributed by atoms with Gasteiger partial charge in [-0.05, 0) is 32.4 Å². The van der Waals surface area contributed by atoms with E-state index < -0.39 is 27.9 Å². The van der Waals surface area contributed by atoms with Crippen LogP contribution in [0.15, 0.2) is 30.6 Å². The van der Waals surface area contributed by atoms with Crippen molar-refractivity contribution in [3.63, 3.8) is 0 Å². The lowest BCUT2D eigenvalue weighted by molar-refractivity contribution is -0.130. The van der Waals surface area contributed by atoms with Crippen molar-refractivity contribution in [1.82, 2.24) is 19.8 Å². The Morgan fingerprint density at radius 3 is 2.23 bits per heavy atom. The van der Waals surface area contributed by atoms with E-state index in [-0.39, 0.29) is 11.7 Å². The number of aromatic nitrogens is 2. The molecule has 10 nitrogen and oxygen atoms in total. The highest BCUT2D eigenvalue weighted by Gasteiger charge is 2.48. The van der Waals surface area contributed by atoms with E-state index in [0.29, 0.717) is 6.54 Å². The molecular formula is C20H27N5O5S. The monoisotopic (exact) mass is 449 g/mol. The molecule has 1 atom stereocenters. The minimum atomic E-state index is -2.58. The number of hydrogen-bond acceptors (Lipinski definition) is 9. The van der Waals surface area contributed by atoms with E-state index in [4.69, 9.17) is 8.37 Å². The van der Waals surface area contributed by atoms with Crippen LogP contribution >= 0.6 is 10.6 Å². The fourth-order valence-corrected chi connectivity index (χ4v) is 6.47. The van der Waals surface area contributed by atoms with Crippen molar-refractivity contribution in [3.8, 4) is 0 Å². The Labute approximate surface area is 182 Å². The van der Waals surface area contributed by atoms with Gasteiger partial charge in [-0.1, -0.05) is 10.6 Å². The van der Waals surface area contributed by atoms with Gasteiger partial charge in [0.05, 0.1) is 0 Å². The molecule has 3 aliphatic heterocycles. The summed E-state index contributed by atoms with van der Waals surface area (Å²) in [4.78, 5) is 51.1. The minimum Gasteiger partial charge on any atom is -0.338 e. The van der Waals surface area contributed by atoms with Crippen LogP contribution in [0.3, 0.4) is 0 Å². The summed E-state index contributed by atoms with van der Waals surface area (Å²) in [7, 11) is -2.58. The molecule has 4 heterocycles. The van der Waals surface area contributed by atoms with E-state index in [1.165, 1.54) is 0 Å². The fourth-order valence-electron chi connectivity index (χ4n) is 4.01. The summed E-state index contributed by atoms with van der Waals surface area (Å²) in [5.74, 6) is -0.696. The van der Waals surface area contributed by atoms with Gasteiger partial charge in [-0.2, -0.15) is 0 Å². The molecule has 0 aliphatic carbocycles. The van der Waals surface area contributed by atoms with Crippen LogP contribution in [0.4, 0.5) is 5.95 Å². The zero-order chi connectivity index (χ0) is 21.8. The van der Waals surface area contributed by atoms with Gasteiger partial charge < -0.3 is 18.2 Å². The van der Waals surface area contributed by atoms with Gasteiger partial charge in [0.25, 0.3) is 0 Å². The van der Waals surface area contributed by atoms with E-state index >= 15 is 0 Å². The quantitative estimate of drug-likeness (QED) is 0.585. The van der Waals surface area contributed by atoms with Crippen molar-refractivity contribution >= 4 is 34.4 Å². The number of carbonyl (C=O) groups is 3. The third kappa shape index (κ3) is 4.82. The Hall–Kier alpha value is -2.66. The van der Waals surface area contributed by atoms with E-state index in [2.05, 4.69) is 19.8 Å². The maximum atomic E-state index is 12.6. The molecule has 2 saturated heterocycles. The van der Waals surface area contributed by atoms with Gasteiger partial charge in [0.1, 0.15) is 11.1 Å². The lowest BCUT2D eigenvalue weighted by Gasteiger charge is -2.40. The second-order valence-electron chi connectivity index (χ2n) is 7.72. The molecule has 3 aliphatic rings. The third-order valence-corrected chi connectivity index (χ3v) is 8.57. The van der Waals surface area contributed by atoms with Crippen molar-refractivity contribution in [1.29, 1.82) is 0 Å². The van der Waals surface area contributed by atoms with Gasteiger partial charge in [-0.15, -0.1) is 0 Å². The summed E-state index contributed by atoms with van der Waals surface area (Å²) in [6, 6.07) is 1.82. The number of rotatable bonds is 6. The molecule has 1 unspecified atom stereocenters. The first-order valence-corrected chi connectivity index (χ1v) is 12.2. The first kappa shape index (κ1) is 21.6. The Kier molecular flexibility index (Phi) is 6.42. The van der Waals surface area contributed by atoms with E-state index in [1.54, 1.807) is 24.2 Å². The number of hydrogen-bond donors (Lipinski definition) is 0. The van der Waals surface area contributed by atoms with Gasteiger partial charge in [-0.3, -0.25) is 9.69 Å². The number of unbranched alkanes of at least 4 members (excludes halogenated alkanes) is 1. The second kappa shape index (κ2) is 9.23. The highest BCUT2D eigenvalue weighted by Crippen LogP contribution is 2.60. The number of amides is 1. The molecule has 1 spiro atoms. The van der Waals surface area contributed by atoms with Crippen molar-refractivity contribution in [2.45, 2.75) is 25.1 Å². The molecule has 0 saturated carbocycles. The number of carbonyl (C=O) groups excluding carboxylic acids is 3. The number of nitrogens with zero attached hydrogens (tertiary/aromatic N) is 5. The molecule has 0 radical (unpaired) electrons. The largest absolute Gasteiger partial charge is 0.353 e. The van der Waals surface area contributed by atoms with Crippen molar-refractivity contribution in [2.24, 2.45) is 0 Å². The number of piperazine rings is 1. The molecular weight excluding hydrogens is 422 g/mol. The Morgan fingerprint density at radius 1 is 0.968 bits per heavy atom. The van der Waals surface area contributed by atoms with Gasteiger partial charge in [0.15, 0.2) is 0 Å². The maximum absolute atomic E-state index is 12.6. The molecule has 1 aromatic rings. The highest BCUT2D eigenvalue weighted by molar-refractivity contribution is 8.27. The lowest BCUT2D eigenvalue weighted by Crippen LogP contribution is -2.47. The highest BCUT2D eigenvalue weighted by atomic mass is 32.3. The molecule has 31 heavy (non-hydrogen) atoms. The smallest absolute Gasteiger partial charge is 0.338 e.